The fraction of sp³-hybridized carbons (Fsp3) is 0.857. The topological polar surface area (TPSA) is 70.2 Å². The quantitative estimate of drug-likeness (QED) is 0.686. The molecule has 0 aliphatic carbocycles. The standard InChI is InChI=1S/C14H27N3O2/c1-14(2,3)13(19)16-8-6-12(18)17-10-11-5-4-7-15-9-11/h11,15H,4-10H2,1-3H3,(H,16,19)(H,17,18). The Morgan fingerprint density at radius 1 is 1.26 bits per heavy atom. The molecule has 1 fully saturated rings. The van der Waals surface area contributed by atoms with Crippen LogP contribution in [0, 0.1) is 11.3 Å². The lowest BCUT2D eigenvalue weighted by molar-refractivity contribution is -0.128. The van der Waals surface area contributed by atoms with E-state index in [9.17, 15) is 9.59 Å². The highest BCUT2D eigenvalue weighted by molar-refractivity contribution is 5.82. The van der Waals surface area contributed by atoms with Gasteiger partial charge in [-0.05, 0) is 31.8 Å². The zero-order chi connectivity index (χ0) is 14.3. The second-order valence-corrected chi connectivity index (χ2v) is 6.27. The number of rotatable bonds is 5. The first-order valence-electron chi connectivity index (χ1n) is 7.15. The molecule has 5 heteroatoms. The van der Waals surface area contributed by atoms with Gasteiger partial charge in [-0.1, -0.05) is 20.8 Å². The van der Waals surface area contributed by atoms with Crippen molar-refractivity contribution in [3.63, 3.8) is 0 Å². The summed E-state index contributed by atoms with van der Waals surface area (Å²) in [7, 11) is 0. The Bertz CT molecular complexity index is 304. The lowest BCUT2D eigenvalue weighted by atomic mass is 9.96. The Hall–Kier alpha value is -1.10. The molecule has 0 aromatic heterocycles. The fourth-order valence-corrected chi connectivity index (χ4v) is 2.00. The van der Waals surface area contributed by atoms with Crippen LogP contribution in [0.1, 0.15) is 40.0 Å². The van der Waals surface area contributed by atoms with Crippen molar-refractivity contribution in [2.24, 2.45) is 11.3 Å². The molecule has 3 N–H and O–H groups in total. The molecular formula is C14H27N3O2. The molecule has 1 unspecified atom stereocenters. The molecule has 0 spiro atoms. The first-order chi connectivity index (χ1) is 8.89. The molecule has 2 amide bonds. The van der Waals surface area contributed by atoms with Crippen molar-refractivity contribution in [1.29, 1.82) is 0 Å². The SMILES string of the molecule is CC(C)(C)C(=O)NCCC(=O)NCC1CCCNC1. The van der Waals surface area contributed by atoms with Crippen LogP contribution in [0.15, 0.2) is 0 Å². The summed E-state index contributed by atoms with van der Waals surface area (Å²) in [6.07, 6.45) is 2.71. The summed E-state index contributed by atoms with van der Waals surface area (Å²) in [5, 5.41) is 9.04. The van der Waals surface area contributed by atoms with Gasteiger partial charge in [0.05, 0.1) is 0 Å². The van der Waals surface area contributed by atoms with E-state index in [1.54, 1.807) is 0 Å². The highest BCUT2D eigenvalue weighted by atomic mass is 16.2. The van der Waals surface area contributed by atoms with E-state index < -0.39 is 5.41 Å². The predicted molar refractivity (Wildman–Crippen MR) is 75.7 cm³/mol. The van der Waals surface area contributed by atoms with Gasteiger partial charge in [0.15, 0.2) is 0 Å². The van der Waals surface area contributed by atoms with Gasteiger partial charge in [0.2, 0.25) is 11.8 Å². The van der Waals surface area contributed by atoms with Gasteiger partial charge >= 0.3 is 0 Å². The molecule has 1 aliphatic rings. The van der Waals surface area contributed by atoms with Crippen LogP contribution < -0.4 is 16.0 Å². The summed E-state index contributed by atoms with van der Waals surface area (Å²) in [6, 6.07) is 0. The minimum Gasteiger partial charge on any atom is -0.356 e. The van der Waals surface area contributed by atoms with Gasteiger partial charge in [0, 0.05) is 24.9 Å². The van der Waals surface area contributed by atoms with Gasteiger partial charge in [-0.15, -0.1) is 0 Å². The molecule has 1 saturated heterocycles. The number of hydrogen-bond donors (Lipinski definition) is 3. The average molecular weight is 269 g/mol. The van der Waals surface area contributed by atoms with Gasteiger partial charge in [0.25, 0.3) is 0 Å². The molecule has 1 atom stereocenters. The van der Waals surface area contributed by atoms with Crippen LogP contribution in [-0.2, 0) is 9.59 Å². The minimum atomic E-state index is -0.399. The molecule has 1 aliphatic heterocycles. The van der Waals surface area contributed by atoms with Crippen molar-refractivity contribution < 1.29 is 9.59 Å². The third-order valence-corrected chi connectivity index (χ3v) is 3.31. The largest absolute Gasteiger partial charge is 0.356 e. The maximum absolute atomic E-state index is 11.6. The van der Waals surface area contributed by atoms with E-state index in [-0.39, 0.29) is 11.8 Å². The molecule has 0 saturated carbocycles. The lowest BCUT2D eigenvalue weighted by Crippen LogP contribution is -2.40. The van der Waals surface area contributed by atoms with Gasteiger partial charge in [-0.2, -0.15) is 0 Å². The van der Waals surface area contributed by atoms with Crippen LogP contribution in [0.3, 0.4) is 0 Å². The minimum absolute atomic E-state index is 0.0137. The third-order valence-electron chi connectivity index (χ3n) is 3.31. The summed E-state index contributed by atoms with van der Waals surface area (Å²) < 4.78 is 0. The van der Waals surface area contributed by atoms with Crippen LogP contribution in [0.5, 0.6) is 0 Å². The van der Waals surface area contributed by atoms with Crippen LogP contribution in [-0.4, -0.2) is 38.0 Å². The van der Waals surface area contributed by atoms with Crippen molar-refractivity contribution in [2.75, 3.05) is 26.2 Å². The van der Waals surface area contributed by atoms with E-state index in [1.165, 1.54) is 12.8 Å². The van der Waals surface area contributed by atoms with Crippen molar-refractivity contribution in [2.45, 2.75) is 40.0 Å². The molecule has 5 nitrogen and oxygen atoms in total. The van der Waals surface area contributed by atoms with Crippen LogP contribution in [0.25, 0.3) is 0 Å². The number of amides is 2. The average Bonchev–Trinajstić information content (AvgIpc) is 2.36. The Kier molecular flexibility index (Phi) is 6.28. The molecular weight excluding hydrogens is 242 g/mol. The smallest absolute Gasteiger partial charge is 0.225 e. The fourth-order valence-electron chi connectivity index (χ4n) is 2.00. The predicted octanol–water partition coefficient (Wildman–Crippen LogP) is 0.655. The van der Waals surface area contributed by atoms with Crippen molar-refractivity contribution >= 4 is 11.8 Å². The first-order valence-corrected chi connectivity index (χ1v) is 7.15. The van der Waals surface area contributed by atoms with Crippen LogP contribution in [0.4, 0.5) is 0 Å². The van der Waals surface area contributed by atoms with E-state index in [4.69, 9.17) is 0 Å². The Labute approximate surface area is 115 Å². The molecule has 0 bridgehead atoms. The summed E-state index contributed by atoms with van der Waals surface area (Å²) in [6.45, 7) is 8.80. The van der Waals surface area contributed by atoms with E-state index in [0.29, 0.717) is 18.9 Å². The Balaban J connectivity index is 2.09. The molecule has 0 radical (unpaired) electrons. The number of nitrogens with one attached hydrogen (secondary N) is 3. The molecule has 1 rings (SSSR count). The first kappa shape index (κ1) is 16.0. The van der Waals surface area contributed by atoms with Gasteiger partial charge in [0.1, 0.15) is 0 Å². The highest BCUT2D eigenvalue weighted by Gasteiger charge is 2.20. The van der Waals surface area contributed by atoms with Gasteiger partial charge in [-0.25, -0.2) is 0 Å². The molecule has 19 heavy (non-hydrogen) atoms. The normalized spacial score (nSPS) is 19.8. The summed E-state index contributed by atoms with van der Waals surface area (Å²) in [5.74, 6) is 0.540. The lowest BCUT2D eigenvalue weighted by Gasteiger charge is -2.23. The third kappa shape index (κ3) is 6.57. The molecule has 0 aromatic carbocycles. The van der Waals surface area contributed by atoms with E-state index in [0.717, 1.165) is 19.6 Å². The second-order valence-electron chi connectivity index (χ2n) is 6.27. The summed E-state index contributed by atoms with van der Waals surface area (Å²) in [5.41, 5.74) is -0.399. The molecule has 0 aromatic rings. The number of piperidine rings is 1. The monoisotopic (exact) mass is 269 g/mol. The van der Waals surface area contributed by atoms with Crippen LogP contribution >= 0.6 is 0 Å². The maximum atomic E-state index is 11.6. The summed E-state index contributed by atoms with van der Waals surface area (Å²) >= 11 is 0. The molecule has 110 valence electrons. The summed E-state index contributed by atoms with van der Waals surface area (Å²) in [4.78, 5) is 23.2. The zero-order valence-corrected chi connectivity index (χ0v) is 12.3. The highest BCUT2D eigenvalue weighted by Crippen LogP contribution is 2.12. The van der Waals surface area contributed by atoms with Crippen molar-refractivity contribution in [1.82, 2.24) is 16.0 Å². The second kappa shape index (κ2) is 7.48. The number of hydrogen-bond acceptors (Lipinski definition) is 3. The van der Waals surface area contributed by atoms with Gasteiger partial charge in [-0.3, -0.25) is 9.59 Å². The van der Waals surface area contributed by atoms with E-state index >= 15 is 0 Å². The number of carbonyl (C=O) groups is 2. The maximum Gasteiger partial charge on any atom is 0.225 e. The van der Waals surface area contributed by atoms with E-state index in [2.05, 4.69) is 16.0 Å². The Morgan fingerprint density at radius 3 is 2.58 bits per heavy atom. The molecule has 1 heterocycles. The van der Waals surface area contributed by atoms with E-state index in [1.807, 2.05) is 20.8 Å². The zero-order valence-electron chi connectivity index (χ0n) is 12.3. The number of carbonyl (C=O) groups excluding carboxylic acids is 2. The van der Waals surface area contributed by atoms with Crippen molar-refractivity contribution in [3.05, 3.63) is 0 Å². The Morgan fingerprint density at radius 2 is 2.00 bits per heavy atom. The van der Waals surface area contributed by atoms with Gasteiger partial charge < -0.3 is 16.0 Å². The van der Waals surface area contributed by atoms with Crippen LogP contribution in [0.2, 0.25) is 0 Å². The van der Waals surface area contributed by atoms with Crippen molar-refractivity contribution in [3.8, 4) is 0 Å².